The average molecular weight is 205 g/mol. The normalized spacial score (nSPS) is 21.1. The van der Waals surface area contributed by atoms with Crippen molar-refractivity contribution in [3.63, 3.8) is 0 Å². The molecule has 1 aliphatic heterocycles. The first-order chi connectivity index (χ1) is 7.24. The number of nitrogens with zero attached hydrogens (tertiary/aromatic N) is 1. The van der Waals surface area contributed by atoms with Crippen LogP contribution < -0.4 is 0 Å². The Morgan fingerprint density at radius 1 is 1.27 bits per heavy atom. The fraction of sp³-hybridized carbons (Fsp3) is 0.273. The summed E-state index contributed by atoms with van der Waals surface area (Å²) in [6, 6.07) is 9.26. The molecule has 1 aromatic rings. The molecule has 1 atom stereocenters. The predicted octanol–water partition coefficient (Wildman–Crippen LogP) is 1.09. The number of hydrogen-bond donors (Lipinski definition) is 0. The van der Waals surface area contributed by atoms with Gasteiger partial charge in [0.1, 0.15) is 0 Å². The first kappa shape index (κ1) is 9.86. The molecule has 78 valence electrons. The van der Waals surface area contributed by atoms with Gasteiger partial charge in [-0.15, -0.1) is 0 Å². The topological polar surface area (TPSA) is 46.6 Å². The van der Waals surface area contributed by atoms with Gasteiger partial charge in [0.2, 0.25) is 0 Å². The molecule has 2 rings (SSSR count). The van der Waals surface area contributed by atoms with Crippen LogP contribution >= 0.6 is 0 Å². The molecule has 0 aliphatic carbocycles. The van der Waals surface area contributed by atoms with E-state index in [0.29, 0.717) is 0 Å². The number of benzene rings is 1. The van der Waals surface area contributed by atoms with Crippen LogP contribution in [0.2, 0.25) is 0 Å². The minimum absolute atomic E-state index is 0.191. The SMILES string of the molecule is CON1C(=O)CC(c2ccccc2)C1=O. The van der Waals surface area contributed by atoms with Crippen molar-refractivity contribution in [2.75, 3.05) is 7.11 Å². The van der Waals surface area contributed by atoms with Crippen molar-refractivity contribution in [3.8, 4) is 0 Å². The van der Waals surface area contributed by atoms with Gasteiger partial charge in [-0.25, -0.2) is 0 Å². The van der Waals surface area contributed by atoms with Crippen molar-refractivity contribution in [1.82, 2.24) is 5.06 Å². The minimum atomic E-state index is -0.390. The molecule has 0 bridgehead atoms. The van der Waals surface area contributed by atoms with E-state index in [1.807, 2.05) is 30.3 Å². The first-order valence-electron chi connectivity index (χ1n) is 4.70. The maximum atomic E-state index is 11.7. The molecule has 4 heteroatoms. The smallest absolute Gasteiger partial charge is 0.261 e. The molecule has 1 aliphatic rings. The molecule has 1 aromatic carbocycles. The molecule has 0 N–H and O–H groups in total. The summed E-state index contributed by atoms with van der Waals surface area (Å²) >= 11 is 0. The molecule has 1 saturated heterocycles. The molecule has 1 unspecified atom stereocenters. The Morgan fingerprint density at radius 2 is 1.93 bits per heavy atom. The van der Waals surface area contributed by atoms with E-state index in [4.69, 9.17) is 4.84 Å². The Bertz CT molecular complexity index is 388. The van der Waals surface area contributed by atoms with E-state index in [1.165, 1.54) is 7.11 Å². The lowest BCUT2D eigenvalue weighted by molar-refractivity contribution is -0.179. The van der Waals surface area contributed by atoms with Crippen LogP contribution in [-0.4, -0.2) is 24.0 Å². The van der Waals surface area contributed by atoms with Crippen molar-refractivity contribution < 1.29 is 14.4 Å². The zero-order valence-corrected chi connectivity index (χ0v) is 8.34. The lowest BCUT2D eigenvalue weighted by Crippen LogP contribution is -2.28. The van der Waals surface area contributed by atoms with Crippen LogP contribution in [0.15, 0.2) is 30.3 Å². The second-order valence-electron chi connectivity index (χ2n) is 3.38. The standard InChI is InChI=1S/C11H11NO3/c1-15-12-10(13)7-9(11(12)14)8-5-3-2-4-6-8/h2-6,9H,7H2,1H3. The Hall–Kier alpha value is -1.68. The molecule has 0 spiro atoms. The second kappa shape index (κ2) is 3.82. The van der Waals surface area contributed by atoms with Crippen molar-refractivity contribution in [1.29, 1.82) is 0 Å². The second-order valence-corrected chi connectivity index (χ2v) is 3.38. The minimum Gasteiger partial charge on any atom is -0.272 e. The molecule has 2 amide bonds. The van der Waals surface area contributed by atoms with Crippen LogP contribution in [-0.2, 0) is 14.4 Å². The quantitative estimate of drug-likeness (QED) is 0.679. The van der Waals surface area contributed by atoms with Gasteiger partial charge in [-0.1, -0.05) is 30.3 Å². The highest BCUT2D eigenvalue weighted by Crippen LogP contribution is 2.29. The van der Waals surface area contributed by atoms with E-state index in [1.54, 1.807) is 0 Å². The lowest BCUT2D eigenvalue weighted by atomic mass is 9.98. The monoisotopic (exact) mass is 205 g/mol. The van der Waals surface area contributed by atoms with E-state index < -0.39 is 5.92 Å². The average Bonchev–Trinajstić information content (AvgIpc) is 2.55. The molecule has 0 radical (unpaired) electrons. The summed E-state index contributed by atoms with van der Waals surface area (Å²) in [6.07, 6.45) is 0.191. The zero-order chi connectivity index (χ0) is 10.8. The van der Waals surface area contributed by atoms with E-state index >= 15 is 0 Å². The molecule has 0 aromatic heterocycles. The Kier molecular flexibility index (Phi) is 2.51. The van der Waals surface area contributed by atoms with Crippen LogP contribution in [0.1, 0.15) is 17.9 Å². The maximum Gasteiger partial charge on any atom is 0.261 e. The highest BCUT2D eigenvalue weighted by atomic mass is 16.7. The molecule has 15 heavy (non-hydrogen) atoms. The molecular formula is C11H11NO3. The Balaban J connectivity index is 2.27. The first-order valence-corrected chi connectivity index (χ1v) is 4.70. The Labute approximate surface area is 87.4 Å². The largest absolute Gasteiger partial charge is 0.272 e. The van der Waals surface area contributed by atoms with Gasteiger partial charge in [-0.2, -0.15) is 5.06 Å². The number of carbonyl (C=O) groups is 2. The summed E-state index contributed by atoms with van der Waals surface area (Å²) in [6.45, 7) is 0. The highest BCUT2D eigenvalue weighted by molar-refractivity contribution is 6.05. The third-order valence-electron chi connectivity index (χ3n) is 2.49. The van der Waals surface area contributed by atoms with Gasteiger partial charge < -0.3 is 0 Å². The van der Waals surface area contributed by atoms with Crippen LogP contribution in [0, 0.1) is 0 Å². The van der Waals surface area contributed by atoms with Crippen LogP contribution in [0.3, 0.4) is 0 Å². The van der Waals surface area contributed by atoms with E-state index in [2.05, 4.69) is 0 Å². The molecule has 0 saturated carbocycles. The van der Waals surface area contributed by atoms with Gasteiger partial charge in [-0.3, -0.25) is 14.4 Å². The van der Waals surface area contributed by atoms with Crippen LogP contribution in [0.25, 0.3) is 0 Å². The number of rotatable bonds is 2. The summed E-state index contributed by atoms with van der Waals surface area (Å²) in [5.74, 6) is -0.955. The van der Waals surface area contributed by atoms with Gasteiger partial charge in [0.05, 0.1) is 13.0 Å². The van der Waals surface area contributed by atoms with Crippen LogP contribution in [0.5, 0.6) is 0 Å². The van der Waals surface area contributed by atoms with Crippen LogP contribution in [0.4, 0.5) is 0 Å². The van der Waals surface area contributed by atoms with E-state index in [-0.39, 0.29) is 18.2 Å². The van der Waals surface area contributed by atoms with Gasteiger partial charge in [0, 0.05) is 6.42 Å². The number of hydroxylamine groups is 2. The summed E-state index contributed by atoms with van der Waals surface area (Å²) in [4.78, 5) is 27.8. The van der Waals surface area contributed by atoms with Gasteiger partial charge in [0.15, 0.2) is 0 Å². The zero-order valence-electron chi connectivity index (χ0n) is 8.34. The van der Waals surface area contributed by atoms with Crippen molar-refractivity contribution in [2.45, 2.75) is 12.3 Å². The highest BCUT2D eigenvalue weighted by Gasteiger charge is 2.39. The third kappa shape index (κ3) is 1.64. The van der Waals surface area contributed by atoms with Gasteiger partial charge >= 0.3 is 0 Å². The summed E-state index contributed by atoms with van der Waals surface area (Å²) in [5.41, 5.74) is 0.857. The fourth-order valence-electron chi connectivity index (χ4n) is 1.75. The fourth-order valence-corrected chi connectivity index (χ4v) is 1.75. The molecule has 1 heterocycles. The third-order valence-corrected chi connectivity index (χ3v) is 2.49. The summed E-state index contributed by atoms with van der Waals surface area (Å²) < 4.78 is 0. The summed E-state index contributed by atoms with van der Waals surface area (Å²) in [5, 5.41) is 0.831. The molecular weight excluding hydrogens is 194 g/mol. The van der Waals surface area contributed by atoms with E-state index in [0.717, 1.165) is 10.6 Å². The van der Waals surface area contributed by atoms with Crippen molar-refractivity contribution >= 4 is 11.8 Å². The summed E-state index contributed by atoms with van der Waals surface area (Å²) in [7, 11) is 1.32. The van der Waals surface area contributed by atoms with Gasteiger partial charge in [0.25, 0.3) is 11.8 Å². The number of hydrogen-bond acceptors (Lipinski definition) is 3. The number of imide groups is 1. The maximum absolute atomic E-state index is 11.7. The Morgan fingerprint density at radius 3 is 2.47 bits per heavy atom. The lowest BCUT2D eigenvalue weighted by Gasteiger charge is -2.10. The predicted molar refractivity (Wildman–Crippen MR) is 52.7 cm³/mol. The number of amides is 2. The van der Waals surface area contributed by atoms with E-state index in [9.17, 15) is 9.59 Å². The molecule has 1 fully saturated rings. The number of carbonyl (C=O) groups excluding carboxylic acids is 2. The molecule has 4 nitrogen and oxygen atoms in total. The van der Waals surface area contributed by atoms with Crippen molar-refractivity contribution in [2.24, 2.45) is 0 Å². The van der Waals surface area contributed by atoms with Gasteiger partial charge in [-0.05, 0) is 5.56 Å². The van der Waals surface area contributed by atoms with Crippen molar-refractivity contribution in [3.05, 3.63) is 35.9 Å².